The lowest BCUT2D eigenvalue weighted by atomic mass is 10.1. The Morgan fingerprint density at radius 3 is 2.76 bits per heavy atom. The minimum absolute atomic E-state index is 0.603. The van der Waals surface area contributed by atoms with E-state index in [4.69, 9.17) is 9.84 Å². The molecular formula is C9H11FN2O5. The van der Waals surface area contributed by atoms with Crippen LogP contribution in [0.5, 0.6) is 0 Å². The third kappa shape index (κ3) is 2.02. The van der Waals surface area contributed by atoms with Crippen LogP contribution in [0.25, 0.3) is 0 Å². The number of aliphatic hydroxyl groups is 2. The van der Waals surface area contributed by atoms with Gasteiger partial charge in [-0.15, -0.1) is 0 Å². The molecule has 2 rings (SSSR count). The first kappa shape index (κ1) is 12.0. The summed E-state index contributed by atoms with van der Waals surface area (Å²) >= 11 is 0. The fourth-order valence-corrected chi connectivity index (χ4v) is 1.71. The van der Waals surface area contributed by atoms with Gasteiger partial charge in [0.05, 0.1) is 6.61 Å². The number of nitrogens with one attached hydrogen (secondary N) is 1. The smallest absolute Gasteiger partial charge is 0.330 e. The zero-order valence-electron chi connectivity index (χ0n) is 8.62. The van der Waals surface area contributed by atoms with E-state index >= 15 is 0 Å². The van der Waals surface area contributed by atoms with Crippen molar-refractivity contribution in [2.45, 2.75) is 24.6 Å². The highest BCUT2D eigenvalue weighted by Crippen LogP contribution is 2.29. The Morgan fingerprint density at radius 2 is 2.24 bits per heavy atom. The van der Waals surface area contributed by atoms with Gasteiger partial charge in [0.1, 0.15) is 12.2 Å². The van der Waals surface area contributed by atoms with Gasteiger partial charge in [-0.05, 0) is 0 Å². The van der Waals surface area contributed by atoms with Crippen LogP contribution in [0.4, 0.5) is 4.39 Å². The van der Waals surface area contributed by atoms with Crippen LogP contribution in [0.3, 0.4) is 0 Å². The Labute approximate surface area is 94.1 Å². The molecule has 0 aromatic carbocycles. The number of aliphatic hydroxyl groups excluding tert-OH is 2. The van der Waals surface area contributed by atoms with Gasteiger partial charge in [0.15, 0.2) is 12.4 Å². The molecule has 0 bridgehead atoms. The van der Waals surface area contributed by atoms with E-state index in [1.54, 1.807) is 0 Å². The van der Waals surface area contributed by atoms with Crippen molar-refractivity contribution in [3.63, 3.8) is 0 Å². The summed E-state index contributed by atoms with van der Waals surface area (Å²) in [4.78, 5) is 24.2. The standard InChI is InChI=1S/C9H11FN2O5/c10-6-4(3-13)17-8(7(6)15)12-2-1-5(14)11-9(12)16/h1-2,4,6-8,13,15H,3H2,(H,11,14,16)/t4-,6-,7-,8-/m1/s1. The number of alkyl halides is 1. The van der Waals surface area contributed by atoms with Gasteiger partial charge in [-0.3, -0.25) is 14.3 Å². The molecule has 1 aromatic heterocycles. The van der Waals surface area contributed by atoms with Gasteiger partial charge >= 0.3 is 5.69 Å². The molecule has 0 unspecified atom stereocenters. The quantitative estimate of drug-likeness (QED) is 0.567. The van der Waals surface area contributed by atoms with Gasteiger partial charge in [-0.1, -0.05) is 0 Å². The highest BCUT2D eigenvalue weighted by atomic mass is 19.1. The van der Waals surface area contributed by atoms with Crippen molar-refractivity contribution < 1.29 is 19.3 Å². The second kappa shape index (κ2) is 4.40. The number of ether oxygens (including phenoxy) is 1. The van der Waals surface area contributed by atoms with Crippen molar-refractivity contribution >= 4 is 0 Å². The molecule has 4 atom stereocenters. The number of H-pyrrole nitrogens is 1. The first-order valence-electron chi connectivity index (χ1n) is 4.94. The molecule has 1 saturated heterocycles. The molecule has 1 aliphatic heterocycles. The molecule has 3 N–H and O–H groups in total. The van der Waals surface area contributed by atoms with Crippen LogP contribution in [0.1, 0.15) is 6.23 Å². The maximum atomic E-state index is 13.4. The molecule has 1 aromatic rings. The summed E-state index contributed by atoms with van der Waals surface area (Å²) in [6.45, 7) is -0.604. The summed E-state index contributed by atoms with van der Waals surface area (Å²) in [7, 11) is 0. The van der Waals surface area contributed by atoms with Crippen LogP contribution in [-0.2, 0) is 4.74 Å². The Bertz CT molecular complexity index is 513. The van der Waals surface area contributed by atoms with Crippen molar-refractivity contribution in [1.82, 2.24) is 9.55 Å². The topological polar surface area (TPSA) is 105 Å². The lowest BCUT2D eigenvalue weighted by Crippen LogP contribution is -2.36. The number of aromatic nitrogens is 2. The normalized spacial score (nSPS) is 32.9. The number of rotatable bonds is 2. The maximum absolute atomic E-state index is 13.4. The molecule has 17 heavy (non-hydrogen) atoms. The molecule has 1 aliphatic rings. The van der Waals surface area contributed by atoms with Gasteiger partial charge in [0, 0.05) is 12.3 Å². The fourth-order valence-electron chi connectivity index (χ4n) is 1.71. The molecule has 0 saturated carbocycles. The number of nitrogens with zero attached hydrogens (tertiary/aromatic N) is 1. The van der Waals surface area contributed by atoms with Crippen molar-refractivity contribution in [2.24, 2.45) is 0 Å². The highest BCUT2D eigenvalue weighted by Gasteiger charge is 2.45. The van der Waals surface area contributed by atoms with Gasteiger partial charge < -0.3 is 14.9 Å². The van der Waals surface area contributed by atoms with E-state index in [2.05, 4.69) is 0 Å². The second-order valence-corrected chi connectivity index (χ2v) is 3.70. The first-order chi connectivity index (χ1) is 8.04. The Hall–Kier alpha value is -1.51. The van der Waals surface area contributed by atoms with Crippen LogP contribution in [-0.4, -0.2) is 44.8 Å². The Balaban J connectivity index is 2.35. The summed E-state index contributed by atoms with van der Waals surface area (Å²) in [5.41, 5.74) is -1.42. The largest absolute Gasteiger partial charge is 0.394 e. The van der Waals surface area contributed by atoms with Gasteiger partial charge in [-0.25, -0.2) is 9.18 Å². The summed E-state index contributed by atoms with van der Waals surface area (Å²) in [6.07, 6.45) is -4.71. The van der Waals surface area contributed by atoms with E-state index in [1.807, 2.05) is 4.98 Å². The second-order valence-electron chi connectivity index (χ2n) is 3.70. The van der Waals surface area contributed by atoms with E-state index in [1.165, 1.54) is 0 Å². The number of hydrogen-bond acceptors (Lipinski definition) is 5. The predicted molar refractivity (Wildman–Crippen MR) is 53.2 cm³/mol. The molecule has 1 fully saturated rings. The summed E-state index contributed by atoms with van der Waals surface area (Å²) in [6, 6.07) is 1.05. The number of hydrogen-bond donors (Lipinski definition) is 3. The molecule has 0 radical (unpaired) electrons. The summed E-state index contributed by atoms with van der Waals surface area (Å²) < 4.78 is 19.3. The van der Waals surface area contributed by atoms with E-state index < -0.39 is 42.5 Å². The van der Waals surface area contributed by atoms with E-state index in [9.17, 15) is 19.1 Å². The Morgan fingerprint density at radius 1 is 1.53 bits per heavy atom. The predicted octanol–water partition coefficient (Wildman–Crippen LogP) is -1.87. The lowest BCUT2D eigenvalue weighted by Gasteiger charge is -2.16. The zero-order valence-corrected chi connectivity index (χ0v) is 8.62. The lowest BCUT2D eigenvalue weighted by molar-refractivity contribution is -0.0537. The zero-order chi connectivity index (χ0) is 12.6. The minimum atomic E-state index is -1.79. The molecule has 0 aliphatic carbocycles. The Kier molecular flexibility index (Phi) is 3.09. The maximum Gasteiger partial charge on any atom is 0.330 e. The highest BCUT2D eigenvalue weighted by molar-refractivity contribution is 4.93. The summed E-state index contributed by atoms with van der Waals surface area (Å²) in [5.74, 6) is 0. The molecule has 8 heteroatoms. The van der Waals surface area contributed by atoms with Crippen LogP contribution in [0.15, 0.2) is 21.9 Å². The minimum Gasteiger partial charge on any atom is -0.394 e. The first-order valence-corrected chi connectivity index (χ1v) is 4.94. The van der Waals surface area contributed by atoms with Crippen molar-refractivity contribution in [2.75, 3.05) is 6.61 Å². The molecule has 7 nitrogen and oxygen atoms in total. The molecule has 2 heterocycles. The van der Waals surface area contributed by atoms with Crippen molar-refractivity contribution in [3.05, 3.63) is 33.1 Å². The molecule has 0 spiro atoms. The average molecular weight is 246 g/mol. The molecular weight excluding hydrogens is 235 g/mol. The van der Waals surface area contributed by atoms with Crippen LogP contribution in [0, 0.1) is 0 Å². The van der Waals surface area contributed by atoms with Gasteiger partial charge in [-0.2, -0.15) is 0 Å². The fraction of sp³-hybridized carbons (Fsp3) is 0.556. The van der Waals surface area contributed by atoms with E-state index in [0.29, 0.717) is 0 Å². The van der Waals surface area contributed by atoms with Crippen molar-refractivity contribution in [3.8, 4) is 0 Å². The number of aromatic amines is 1. The van der Waals surface area contributed by atoms with Gasteiger partial charge in [0.2, 0.25) is 0 Å². The SMILES string of the molecule is O=c1ccn([C@@H]2O[C@H](CO)[C@@H](F)[C@H]2O)c(=O)[nH]1. The van der Waals surface area contributed by atoms with Crippen LogP contribution >= 0.6 is 0 Å². The van der Waals surface area contributed by atoms with Gasteiger partial charge in [0.25, 0.3) is 5.56 Å². The number of halogens is 1. The van der Waals surface area contributed by atoms with Crippen LogP contribution < -0.4 is 11.2 Å². The monoisotopic (exact) mass is 246 g/mol. The average Bonchev–Trinajstić information content (AvgIpc) is 2.57. The summed E-state index contributed by atoms with van der Waals surface area (Å²) in [5, 5.41) is 18.4. The van der Waals surface area contributed by atoms with Crippen LogP contribution in [0.2, 0.25) is 0 Å². The third-order valence-corrected chi connectivity index (χ3v) is 2.59. The molecule has 0 amide bonds. The van der Waals surface area contributed by atoms with Crippen molar-refractivity contribution in [1.29, 1.82) is 0 Å². The van der Waals surface area contributed by atoms with E-state index in [0.717, 1.165) is 16.8 Å². The third-order valence-electron chi connectivity index (χ3n) is 2.59. The molecule has 94 valence electrons. The van der Waals surface area contributed by atoms with E-state index in [-0.39, 0.29) is 0 Å².